The maximum absolute atomic E-state index is 12.0. The van der Waals surface area contributed by atoms with Crippen molar-refractivity contribution in [3.8, 4) is 5.75 Å². The van der Waals surface area contributed by atoms with Crippen molar-refractivity contribution in [3.63, 3.8) is 0 Å². The number of nitrogen functional groups attached to an aromatic ring is 1. The average Bonchev–Trinajstić information content (AvgIpc) is 3.15. The number of benzene rings is 1. The van der Waals surface area contributed by atoms with Crippen molar-refractivity contribution in [2.24, 2.45) is 0 Å². The molecule has 0 radical (unpaired) electrons. The van der Waals surface area contributed by atoms with Gasteiger partial charge in [0, 0.05) is 12.3 Å². The third-order valence-corrected chi connectivity index (χ3v) is 5.50. The van der Waals surface area contributed by atoms with Gasteiger partial charge in [0.2, 0.25) is 5.91 Å². The molecule has 1 aromatic heterocycles. The fraction of sp³-hybridized carbons (Fsp3) is 0.412. The first-order chi connectivity index (χ1) is 11.2. The normalized spacial score (nSPS) is 21.0. The van der Waals surface area contributed by atoms with E-state index < -0.39 is 0 Å². The van der Waals surface area contributed by atoms with Crippen LogP contribution >= 0.6 is 11.3 Å². The molecule has 1 aliphatic heterocycles. The summed E-state index contributed by atoms with van der Waals surface area (Å²) in [6.07, 6.45) is 5.50. The smallest absolute Gasteiger partial charge is 0.226 e. The summed E-state index contributed by atoms with van der Waals surface area (Å²) >= 11 is 1.45. The van der Waals surface area contributed by atoms with Crippen molar-refractivity contribution >= 4 is 28.2 Å². The number of fused-ring (bicyclic) bond motifs is 1. The molecule has 1 atom stereocenters. The SMILES string of the molecule is Nc1nc2c(s1)C(c1cccc(OC3CCCC3)c1)CC(=O)N2. The number of nitrogens with two attached hydrogens (primary N) is 1. The van der Waals surface area contributed by atoms with Gasteiger partial charge in [-0.15, -0.1) is 0 Å². The Morgan fingerprint density at radius 2 is 2.13 bits per heavy atom. The highest BCUT2D eigenvalue weighted by Crippen LogP contribution is 2.42. The molecule has 6 heteroatoms. The molecule has 0 bridgehead atoms. The van der Waals surface area contributed by atoms with Crippen LogP contribution in [0.4, 0.5) is 10.9 Å². The van der Waals surface area contributed by atoms with Crippen LogP contribution in [0.3, 0.4) is 0 Å². The van der Waals surface area contributed by atoms with E-state index in [1.807, 2.05) is 18.2 Å². The molecule has 1 aliphatic carbocycles. The summed E-state index contributed by atoms with van der Waals surface area (Å²) in [6.45, 7) is 0. The van der Waals surface area contributed by atoms with Crippen LogP contribution in [0.2, 0.25) is 0 Å². The van der Waals surface area contributed by atoms with E-state index in [1.54, 1.807) is 0 Å². The monoisotopic (exact) mass is 329 g/mol. The lowest BCUT2D eigenvalue weighted by Gasteiger charge is -2.22. The molecule has 120 valence electrons. The number of rotatable bonds is 3. The number of hydrogen-bond acceptors (Lipinski definition) is 5. The molecule has 1 fully saturated rings. The van der Waals surface area contributed by atoms with Crippen molar-refractivity contribution in [3.05, 3.63) is 34.7 Å². The van der Waals surface area contributed by atoms with Crippen molar-refractivity contribution in [2.45, 2.75) is 44.1 Å². The molecule has 2 heterocycles. The summed E-state index contributed by atoms with van der Waals surface area (Å²) in [7, 11) is 0. The fourth-order valence-corrected chi connectivity index (χ4v) is 4.33. The summed E-state index contributed by atoms with van der Waals surface area (Å²) in [5.41, 5.74) is 6.90. The lowest BCUT2D eigenvalue weighted by Crippen LogP contribution is -2.22. The topological polar surface area (TPSA) is 77.2 Å². The molecule has 1 amide bonds. The molecular formula is C17H19N3O2S. The van der Waals surface area contributed by atoms with Crippen molar-refractivity contribution in [2.75, 3.05) is 11.1 Å². The zero-order valence-electron chi connectivity index (χ0n) is 12.7. The van der Waals surface area contributed by atoms with Crippen molar-refractivity contribution in [1.29, 1.82) is 0 Å². The number of thiazole rings is 1. The van der Waals surface area contributed by atoms with Gasteiger partial charge in [0.1, 0.15) is 11.6 Å². The van der Waals surface area contributed by atoms with E-state index in [0.717, 1.165) is 29.0 Å². The van der Waals surface area contributed by atoms with E-state index in [2.05, 4.69) is 16.4 Å². The Morgan fingerprint density at radius 1 is 1.30 bits per heavy atom. The first-order valence-corrected chi connectivity index (χ1v) is 8.83. The average molecular weight is 329 g/mol. The summed E-state index contributed by atoms with van der Waals surface area (Å²) in [4.78, 5) is 17.2. The van der Waals surface area contributed by atoms with Gasteiger partial charge in [-0.25, -0.2) is 4.98 Å². The van der Waals surface area contributed by atoms with Crippen LogP contribution in [-0.4, -0.2) is 17.0 Å². The molecular weight excluding hydrogens is 310 g/mol. The highest BCUT2D eigenvalue weighted by atomic mass is 32.1. The standard InChI is InChI=1S/C17H19N3O2S/c18-17-20-16-15(23-17)13(9-14(21)19-16)10-4-3-7-12(8-10)22-11-5-1-2-6-11/h3-4,7-8,11,13H,1-2,5-6,9H2,(H2,18,20)(H,19,21). The highest BCUT2D eigenvalue weighted by Gasteiger charge is 2.30. The van der Waals surface area contributed by atoms with Gasteiger partial charge in [-0.3, -0.25) is 4.79 Å². The maximum atomic E-state index is 12.0. The Balaban J connectivity index is 1.63. The molecule has 2 aliphatic rings. The minimum atomic E-state index is -0.0186. The molecule has 0 saturated heterocycles. The number of hydrogen-bond donors (Lipinski definition) is 2. The van der Waals surface area contributed by atoms with E-state index in [1.165, 1.54) is 24.2 Å². The van der Waals surface area contributed by atoms with Gasteiger partial charge < -0.3 is 15.8 Å². The zero-order valence-corrected chi connectivity index (χ0v) is 13.6. The molecule has 1 saturated carbocycles. The third kappa shape index (κ3) is 2.91. The summed E-state index contributed by atoms with van der Waals surface area (Å²) in [5, 5.41) is 3.29. The molecule has 0 spiro atoms. The number of aromatic nitrogens is 1. The number of ether oxygens (including phenoxy) is 1. The molecule has 1 aromatic carbocycles. The summed E-state index contributed by atoms with van der Waals surface area (Å²) < 4.78 is 6.09. The Labute approximate surface area is 138 Å². The molecule has 2 aromatic rings. The van der Waals surface area contributed by atoms with Crippen LogP contribution in [0.1, 0.15) is 48.5 Å². The molecule has 23 heavy (non-hydrogen) atoms. The van der Waals surface area contributed by atoms with Gasteiger partial charge in [-0.05, 0) is 43.4 Å². The van der Waals surface area contributed by atoms with E-state index in [4.69, 9.17) is 10.5 Å². The van der Waals surface area contributed by atoms with Crippen LogP contribution in [0, 0.1) is 0 Å². The molecule has 4 rings (SSSR count). The zero-order chi connectivity index (χ0) is 15.8. The first kappa shape index (κ1) is 14.5. The maximum Gasteiger partial charge on any atom is 0.226 e. The van der Waals surface area contributed by atoms with E-state index >= 15 is 0 Å². The van der Waals surface area contributed by atoms with Crippen molar-refractivity contribution in [1.82, 2.24) is 4.98 Å². The third-order valence-electron chi connectivity index (χ3n) is 4.50. The minimum absolute atomic E-state index is 0.000628. The molecule has 3 N–H and O–H groups in total. The van der Waals surface area contributed by atoms with Gasteiger partial charge in [0.05, 0.1) is 11.0 Å². The highest BCUT2D eigenvalue weighted by molar-refractivity contribution is 7.16. The largest absolute Gasteiger partial charge is 0.490 e. The van der Waals surface area contributed by atoms with Crippen LogP contribution in [0.5, 0.6) is 5.75 Å². The number of nitrogens with one attached hydrogen (secondary N) is 1. The second kappa shape index (κ2) is 5.85. The summed E-state index contributed by atoms with van der Waals surface area (Å²) in [5.74, 6) is 1.48. The number of nitrogens with zero attached hydrogens (tertiary/aromatic N) is 1. The van der Waals surface area contributed by atoms with Crippen LogP contribution in [0.25, 0.3) is 0 Å². The molecule has 5 nitrogen and oxygen atoms in total. The lowest BCUT2D eigenvalue weighted by molar-refractivity contribution is -0.116. The van der Waals surface area contributed by atoms with Gasteiger partial charge in [-0.1, -0.05) is 23.5 Å². The van der Waals surface area contributed by atoms with Crippen molar-refractivity contribution < 1.29 is 9.53 Å². The second-order valence-corrected chi connectivity index (χ2v) is 7.23. The van der Waals surface area contributed by atoms with E-state index in [0.29, 0.717) is 23.5 Å². The van der Waals surface area contributed by atoms with Crippen LogP contribution in [-0.2, 0) is 4.79 Å². The molecule has 1 unspecified atom stereocenters. The second-order valence-electron chi connectivity index (χ2n) is 6.17. The predicted octanol–water partition coefficient (Wildman–Crippen LogP) is 3.52. The van der Waals surface area contributed by atoms with Gasteiger partial charge in [0.25, 0.3) is 0 Å². The van der Waals surface area contributed by atoms with Crippen LogP contribution < -0.4 is 15.8 Å². The van der Waals surface area contributed by atoms with E-state index in [9.17, 15) is 4.79 Å². The lowest BCUT2D eigenvalue weighted by atomic mass is 9.91. The Morgan fingerprint density at radius 3 is 2.96 bits per heavy atom. The number of anilines is 2. The number of carbonyl (C=O) groups excluding carboxylic acids is 1. The fourth-order valence-electron chi connectivity index (χ4n) is 3.41. The van der Waals surface area contributed by atoms with Gasteiger partial charge in [-0.2, -0.15) is 0 Å². The number of amides is 1. The van der Waals surface area contributed by atoms with Crippen LogP contribution in [0.15, 0.2) is 24.3 Å². The Kier molecular flexibility index (Phi) is 3.69. The quantitative estimate of drug-likeness (QED) is 0.903. The van der Waals surface area contributed by atoms with Gasteiger partial charge in [0.15, 0.2) is 5.13 Å². The Hall–Kier alpha value is -2.08. The Bertz CT molecular complexity index is 737. The van der Waals surface area contributed by atoms with E-state index in [-0.39, 0.29) is 11.8 Å². The number of carbonyl (C=O) groups is 1. The van der Waals surface area contributed by atoms with Gasteiger partial charge >= 0.3 is 0 Å². The summed E-state index contributed by atoms with van der Waals surface area (Å²) in [6, 6.07) is 8.09. The first-order valence-electron chi connectivity index (χ1n) is 8.02. The minimum Gasteiger partial charge on any atom is -0.490 e. The predicted molar refractivity (Wildman–Crippen MR) is 90.9 cm³/mol.